The lowest BCUT2D eigenvalue weighted by Gasteiger charge is -2.03. The smallest absolute Gasteiger partial charge is 0.205 e. The number of hydrogen-bond donors (Lipinski definition) is 0. The van der Waals surface area contributed by atoms with Crippen molar-refractivity contribution >= 4 is 56.3 Å². The van der Waals surface area contributed by atoms with Crippen molar-refractivity contribution in [2.45, 2.75) is 0 Å². The normalized spacial score (nSPS) is 10.4. The molecule has 2 rings (SSSR count). The molecule has 5 heteroatoms. The maximum absolute atomic E-state index is 12.1. The van der Waals surface area contributed by atoms with Crippen LogP contribution < -0.4 is 0 Å². The Bertz CT molecular complexity index is 530. The molecule has 0 spiro atoms. The van der Waals surface area contributed by atoms with Crippen LogP contribution in [0.4, 0.5) is 0 Å². The van der Waals surface area contributed by atoms with Gasteiger partial charge in [-0.15, -0.1) is 11.3 Å². The lowest BCUT2D eigenvalue weighted by atomic mass is 10.1. The highest BCUT2D eigenvalue weighted by molar-refractivity contribution is 9.11. The van der Waals surface area contributed by atoms with Gasteiger partial charge in [0.25, 0.3) is 0 Å². The Kier molecular flexibility index (Phi) is 3.70. The zero-order valence-corrected chi connectivity index (χ0v) is 11.8. The highest BCUT2D eigenvalue weighted by Gasteiger charge is 2.17. The van der Waals surface area contributed by atoms with Crippen molar-refractivity contribution in [2.24, 2.45) is 0 Å². The van der Waals surface area contributed by atoms with E-state index in [0.717, 1.165) is 3.79 Å². The van der Waals surface area contributed by atoms with Crippen LogP contribution in [0, 0.1) is 0 Å². The molecule has 1 aromatic carbocycles. The maximum atomic E-state index is 12.1. The summed E-state index contributed by atoms with van der Waals surface area (Å²) in [6.07, 6.45) is 0. The van der Waals surface area contributed by atoms with Crippen LogP contribution in [0.1, 0.15) is 15.2 Å². The number of carbonyl (C=O) groups excluding carboxylic acids is 1. The molecule has 0 saturated heterocycles. The summed E-state index contributed by atoms with van der Waals surface area (Å²) in [6, 6.07) is 8.60. The first kappa shape index (κ1) is 12.1. The first-order valence-corrected chi connectivity index (χ1v) is 6.70. The summed E-state index contributed by atoms with van der Waals surface area (Å²) in [5, 5.41) is 0.754. The van der Waals surface area contributed by atoms with Gasteiger partial charge in [-0.2, -0.15) is 0 Å². The third kappa shape index (κ3) is 2.33. The van der Waals surface area contributed by atoms with E-state index in [1.165, 1.54) is 11.3 Å². The lowest BCUT2D eigenvalue weighted by Crippen LogP contribution is -2.00. The Morgan fingerprint density at radius 2 is 1.75 bits per heavy atom. The average molecular weight is 336 g/mol. The zero-order chi connectivity index (χ0) is 11.7. The summed E-state index contributed by atoms with van der Waals surface area (Å²) >= 11 is 16.6. The van der Waals surface area contributed by atoms with Crippen molar-refractivity contribution in [2.75, 3.05) is 0 Å². The van der Waals surface area contributed by atoms with E-state index in [1.54, 1.807) is 24.3 Å². The molecular formula is C11H5BrCl2OS. The maximum Gasteiger partial charge on any atom is 0.205 e. The van der Waals surface area contributed by atoms with Gasteiger partial charge in [0.1, 0.15) is 0 Å². The Labute approximate surface area is 115 Å². The molecule has 1 heterocycles. The SMILES string of the molecule is O=C(c1ccc(Br)s1)c1c(Cl)cccc1Cl. The fourth-order valence-electron chi connectivity index (χ4n) is 1.27. The van der Waals surface area contributed by atoms with Gasteiger partial charge in [0.05, 0.1) is 24.3 Å². The molecule has 1 aromatic heterocycles. The van der Waals surface area contributed by atoms with Gasteiger partial charge in [-0.05, 0) is 40.2 Å². The number of ketones is 1. The van der Waals surface area contributed by atoms with Gasteiger partial charge in [0, 0.05) is 0 Å². The molecule has 0 radical (unpaired) electrons. The van der Waals surface area contributed by atoms with Crippen molar-refractivity contribution in [1.82, 2.24) is 0 Å². The van der Waals surface area contributed by atoms with Crippen molar-refractivity contribution < 1.29 is 4.79 Å². The van der Waals surface area contributed by atoms with Crippen LogP contribution in [0.5, 0.6) is 0 Å². The summed E-state index contributed by atoms with van der Waals surface area (Å²) in [5.41, 5.74) is 0.361. The monoisotopic (exact) mass is 334 g/mol. The van der Waals surface area contributed by atoms with Gasteiger partial charge >= 0.3 is 0 Å². The number of rotatable bonds is 2. The van der Waals surface area contributed by atoms with E-state index in [-0.39, 0.29) is 5.78 Å². The highest BCUT2D eigenvalue weighted by atomic mass is 79.9. The van der Waals surface area contributed by atoms with E-state index in [1.807, 2.05) is 6.07 Å². The minimum Gasteiger partial charge on any atom is -0.288 e. The quantitative estimate of drug-likeness (QED) is 0.702. The molecule has 0 bridgehead atoms. The summed E-state index contributed by atoms with van der Waals surface area (Å²) in [6.45, 7) is 0. The summed E-state index contributed by atoms with van der Waals surface area (Å²) in [7, 11) is 0. The minimum absolute atomic E-state index is 0.147. The fraction of sp³-hybridized carbons (Fsp3) is 0. The van der Waals surface area contributed by atoms with Gasteiger partial charge < -0.3 is 0 Å². The van der Waals surface area contributed by atoms with Gasteiger partial charge in [0.15, 0.2) is 0 Å². The summed E-state index contributed by atoms with van der Waals surface area (Å²) in [4.78, 5) is 12.7. The molecule has 1 nitrogen and oxygen atoms in total. The van der Waals surface area contributed by atoms with Crippen LogP contribution in [0.3, 0.4) is 0 Å². The second kappa shape index (κ2) is 4.88. The van der Waals surface area contributed by atoms with Crippen LogP contribution in [-0.2, 0) is 0 Å². The second-order valence-corrected chi connectivity index (χ2v) is 6.31. The molecule has 82 valence electrons. The number of halogens is 3. The minimum atomic E-state index is -0.147. The van der Waals surface area contributed by atoms with Gasteiger partial charge in [-0.25, -0.2) is 0 Å². The largest absolute Gasteiger partial charge is 0.288 e. The van der Waals surface area contributed by atoms with Gasteiger partial charge in [-0.1, -0.05) is 29.3 Å². The van der Waals surface area contributed by atoms with Crippen molar-refractivity contribution in [3.63, 3.8) is 0 Å². The third-order valence-electron chi connectivity index (χ3n) is 1.99. The predicted molar refractivity (Wildman–Crippen MR) is 71.9 cm³/mol. The molecule has 0 aliphatic rings. The molecule has 0 amide bonds. The molecule has 0 fully saturated rings. The van der Waals surface area contributed by atoms with Crippen molar-refractivity contribution in [1.29, 1.82) is 0 Å². The topological polar surface area (TPSA) is 17.1 Å². The van der Waals surface area contributed by atoms with Crippen LogP contribution in [0.2, 0.25) is 10.0 Å². The number of carbonyl (C=O) groups is 1. The molecule has 16 heavy (non-hydrogen) atoms. The number of hydrogen-bond acceptors (Lipinski definition) is 2. The Hall–Kier alpha value is -0.350. The number of benzene rings is 1. The standard InChI is InChI=1S/C11H5BrCl2OS/c12-9-5-4-8(16-9)11(15)10-6(13)2-1-3-7(10)14/h1-5H. The lowest BCUT2D eigenvalue weighted by molar-refractivity contribution is 0.104. The van der Waals surface area contributed by atoms with Crippen LogP contribution in [0.25, 0.3) is 0 Å². The first-order valence-electron chi connectivity index (χ1n) is 4.33. The third-order valence-corrected chi connectivity index (χ3v) is 4.24. The Morgan fingerprint density at radius 1 is 1.12 bits per heavy atom. The molecule has 2 aromatic rings. The van der Waals surface area contributed by atoms with E-state index >= 15 is 0 Å². The Morgan fingerprint density at radius 3 is 2.25 bits per heavy atom. The summed E-state index contributed by atoms with van der Waals surface area (Å²) < 4.78 is 0.902. The van der Waals surface area contributed by atoms with E-state index < -0.39 is 0 Å². The summed E-state index contributed by atoms with van der Waals surface area (Å²) in [5.74, 6) is -0.147. The Balaban J connectivity index is 2.49. The second-order valence-electron chi connectivity index (χ2n) is 3.03. The highest BCUT2D eigenvalue weighted by Crippen LogP contribution is 2.30. The predicted octanol–water partition coefficient (Wildman–Crippen LogP) is 5.05. The molecule has 0 saturated carbocycles. The molecule has 0 aliphatic heterocycles. The molecule has 0 unspecified atom stereocenters. The van der Waals surface area contributed by atoms with Gasteiger partial charge in [0.2, 0.25) is 5.78 Å². The first-order chi connectivity index (χ1) is 7.59. The fourth-order valence-corrected chi connectivity index (χ4v) is 3.18. The molecular weight excluding hydrogens is 331 g/mol. The van der Waals surface area contributed by atoms with E-state index in [0.29, 0.717) is 20.5 Å². The van der Waals surface area contributed by atoms with Crippen molar-refractivity contribution in [3.8, 4) is 0 Å². The number of thiophene rings is 1. The van der Waals surface area contributed by atoms with E-state index in [4.69, 9.17) is 23.2 Å². The van der Waals surface area contributed by atoms with Crippen LogP contribution >= 0.6 is 50.5 Å². The van der Waals surface area contributed by atoms with E-state index in [9.17, 15) is 4.79 Å². The molecule has 0 aliphatic carbocycles. The van der Waals surface area contributed by atoms with Crippen LogP contribution in [0.15, 0.2) is 34.1 Å². The molecule has 0 atom stereocenters. The van der Waals surface area contributed by atoms with E-state index in [2.05, 4.69) is 15.9 Å². The zero-order valence-electron chi connectivity index (χ0n) is 7.84. The van der Waals surface area contributed by atoms with Crippen molar-refractivity contribution in [3.05, 3.63) is 54.6 Å². The van der Waals surface area contributed by atoms with Gasteiger partial charge in [-0.3, -0.25) is 4.79 Å². The van der Waals surface area contributed by atoms with Crippen LogP contribution in [-0.4, -0.2) is 5.78 Å². The molecule has 0 N–H and O–H groups in total. The average Bonchev–Trinajstić information content (AvgIpc) is 2.64.